The van der Waals surface area contributed by atoms with E-state index in [0.717, 1.165) is 17.8 Å². The van der Waals surface area contributed by atoms with Crippen LogP contribution in [0.15, 0.2) is 11.4 Å². The van der Waals surface area contributed by atoms with Gasteiger partial charge in [0.2, 0.25) is 0 Å². The molecule has 3 N–H and O–H groups in total. The molecule has 0 bridgehead atoms. The molecule has 116 valence electrons. The van der Waals surface area contributed by atoms with Gasteiger partial charge in [0.25, 0.3) is 0 Å². The second-order valence-electron chi connectivity index (χ2n) is 4.32. The highest BCUT2D eigenvalue weighted by molar-refractivity contribution is 14.1. The number of allylic oxidation sites excluding steroid dienone is 1. The summed E-state index contributed by atoms with van der Waals surface area (Å²) in [5.74, 6) is 0.806. The number of amides is 1. The SMILES string of the molecule is CCOC(=O)N(C)C(CC)CNC(NC)=C(C)C(=N)I. The van der Waals surface area contributed by atoms with E-state index in [0.29, 0.717) is 16.9 Å². The highest BCUT2D eigenvalue weighted by Gasteiger charge is 2.19. The molecule has 7 heteroatoms. The van der Waals surface area contributed by atoms with Gasteiger partial charge in [-0.05, 0) is 42.9 Å². The summed E-state index contributed by atoms with van der Waals surface area (Å²) in [7, 11) is 3.55. The van der Waals surface area contributed by atoms with Gasteiger partial charge in [-0.2, -0.15) is 0 Å². The molecule has 0 radical (unpaired) electrons. The maximum atomic E-state index is 11.7. The van der Waals surface area contributed by atoms with Gasteiger partial charge in [-0.25, -0.2) is 4.79 Å². The van der Waals surface area contributed by atoms with Crippen LogP contribution in [0.2, 0.25) is 0 Å². The Morgan fingerprint density at radius 2 is 2.05 bits per heavy atom. The Bertz CT molecular complexity index is 371. The van der Waals surface area contributed by atoms with Crippen molar-refractivity contribution in [2.75, 3.05) is 27.2 Å². The van der Waals surface area contributed by atoms with E-state index in [1.807, 2.05) is 36.4 Å². The maximum absolute atomic E-state index is 11.7. The van der Waals surface area contributed by atoms with Gasteiger partial charge in [-0.15, -0.1) is 0 Å². The Labute approximate surface area is 135 Å². The Morgan fingerprint density at radius 1 is 1.45 bits per heavy atom. The molecule has 20 heavy (non-hydrogen) atoms. The van der Waals surface area contributed by atoms with Gasteiger partial charge in [0.05, 0.1) is 16.4 Å². The third-order valence-electron chi connectivity index (χ3n) is 3.04. The third-order valence-corrected chi connectivity index (χ3v) is 3.85. The van der Waals surface area contributed by atoms with E-state index >= 15 is 0 Å². The van der Waals surface area contributed by atoms with E-state index in [9.17, 15) is 4.79 Å². The number of rotatable bonds is 8. The zero-order valence-electron chi connectivity index (χ0n) is 12.8. The van der Waals surface area contributed by atoms with Crippen LogP contribution in [0.25, 0.3) is 0 Å². The van der Waals surface area contributed by atoms with Crippen molar-refractivity contribution >= 4 is 32.4 Å². The first kappa shape index (κ1) is 19.0. The lowest BCUT2D eigenvalue weighted by Crippen LogP contribution is -2.44. The van der Waals surface area contributed by atoms with Crippen LogP contribution in [0.1, 0.15) is 27.2 Å². The minimum Gasteiger partial charge on any atom is -0.450 e. The van der Waals surface area contributed by atoms with Crippen molar-refractivity contribution in [2.24, 2.45) is 0 Å². The van der Waals surface area contributed by atoms with Crippen LogP contribution in [0, 0.1) is 5.41 Å². The number of carbonyl (C=O) groups excluding carboxylic acids is 1. The van der Waals surface area contributed by atoms with E-state index in [1.54, 1.807) is 25.9 Å². The molecule has 0 aromatic rings. The number of carbonyl (C=O) groups is 1. The lowest BCUT2D eigenvalue weighted by atomic mass is 10.2. The minimum atomic E-state index is -0.311. The molecule has 6 nitrogen and oxygen atoms in total. The Hall–Kier alpha value is -0.990. The summed E-state index contributed by atoms with van der Waals surface area (Å²) in [6.07, 6.45) is 0.509. The van der Waals surface area contributed by atoms with Crippen LogP contribution in [0.5, 0.6) is 0 Å². The highest BCUT2D eigenvalue weighted by Crippen LogP contribution is 2.07. The van der Waals surface area contributed by atoms with Gasteiger partial charge in [-0.3, -0.25) is 5.41 Å². The van der Waals surface area contributed by atoms with Crippen LogP contribution < -0.4 is 10.6 Å². The van der Waals surface area contributed by atoms with E-state index in [-0.39, 0.29) is 12.1 Å². The molecule has 0 saturated heterocycles. The molecule has 1 atom stereocenters. The van der Waals surface area contributed by atoms with Crippen molar-refractivity contribution in [1.82, 2.24) is 15.5 Å². The predicted molar refractivity (Wildman–Crippen MR) is 90.4 cm³/mol. The fourth-order valence-corrected chi connectivity index (χ4v) is 1.94. The van der Waals surface area contributed by atoms with E-state index in [2.05, 4.69) is 10.6 Å². The number of nitrogens with zero attached hydrogens (tertiary/aromatic N) is 1. The van der Waals surface area contributed by atoms with E-state index in [1.165, 1.54) is 0 Å². The molecule has 0 aliphatic heterocycles. The molecule has 0 spiro atoms. The molecule has 0 rings (SSSR count). The smallest absolute Gasteiger partial charge is 0.409 e. The number of hydrogen-bond donors (Lipinski definition) is 3. The molecule has 0 aliphatic carbocycles. The van der Waals surface area contributed by atoms with Crippen LogP contribution in [0.4, 0.5) is 4.79 Å². The first-order valence-corrected chi connectivity index (χ1v) is 7.73. The molecule has 1 unspecified atom stereocenters. The van der Waals surface area contributed by atoms with Crippen LogP contribution in [0.3, 0.4) is 0 Å². The van der Waals surface area contributed by atoms with Gasteiger partial charge in [0.15, 0.2) is 0 Å². The molecule has 0 heterocycles. The molecule has 0 fully saturated rings. The average molecular weight is 396 g/mol. The molecular weight excluding hydrogens is 371 g/mol. The summed E-state index contributed by atoms with van der Waals surface area (Å²) < 4.78 is 5.48. The number of hydrogen-bond acceptors (Lipinski definition) is 5. The summed E-state index contributed by atoms with van der Waals surface area (Å²) in [6.45, 7) is 6.67. The second-order valence-corrected chi connectivity index (χ2v) is 5.40. The number of halogens is 1. The summed E-state index contributed by atoms with van der Waals surface area (Å²) in [5.41, 5.74) is 0.849. The first-order chi connectivity index (χ1) is 9.38. The van der Waals surface area contributed by atoms with Crippen molar-refractivity contribution in [3.63, 3.8) is 0 Å². The van der Waals surface area contributed by atoms with Gasteiger partial charge in [0, 0.05) is 26.2 Å². The zero-order chi connectivity index (χ0) is 15.7. The molecule has 0 aromatic heterocycles. The highest BCUT2D eigenvalue weighted by atomic mass is 127. The number of likely N-dealkylation sites (N-methyl/N-ethyl adjacent to an activating group) is 1. The predicted octanol–water partition coefficient (Wildman–Crippen LogP) is 2.31. The summed E-state index contributed by atoms with van der Waals surface area (Å²) in [6, 6.07) is 0.0357. The lowest BCUT2D eigenvalue weighted by molar-refractivity contribution is 0.100. The van der Waals surface area contributed by atoms with Crippen molar-refractivity contribution in [1.29, 1.82) is 5.41 Å². The Kier molecular flexibility index (Phi) is 9.35. The molecular formula is C13H25IN4O2. The van der Waals surface area contributed by atoms with E-state index in [4.69, 9.17) is 10.1 Å². The monoisotopic (exact) mass is 396 g/mol. The molecule has 0 saturated carbocycles. The summed E-state index contributed by atoms with van der Waals surface area (Å²) >= 11 is 1.97. The number of ether oxygens (including phenoxy) is 1. The lowest BCUT2D eigenvalue weighted by Gasteiger charge is -2.27. The van der Waals surface area contributed by atoms with Crippen LogP contribution >= 0.6 is 22.6 Å². The van der Waals surface area contributed by atoms with Gasteiger partial charge in [-0.1, -0.05) is 6.92 Å². The molecule has 1 amide bonds. The first-order valence-electron chi connectivity index (χ1n) is 6.65. The van der Waals surface area contributed by atoms with Crippen molar-refractivity contribution in [2.45, 2.75) is 33.2 Å². The quantitative estimate of drug-likeness (QED) is 0.435. The second kappa shape index (κ2) is 9.84. The van der Waals surface area contributed by atoms with Crippen molar-refractivity contribution in [3.05, 3.63) is 11.4 Å². The third kappa shape index (κ3) is 5.98. The standard InChI is InChI=1S/C13H25IN4O2/c1-6-10(18(5)13(19)20-7-2)8-17-12(16-4)9(3)11(14)15/h10,15-17H,6-8H2,1-5H3. The largest absolute Gasteiger partial charge is 0.450 e. The molecule has 0 aromatic carbocycles. The van der Waals surface area contributed by atoms with Crippen LogP contribution in [-0.2, 0) is 4.74 Å². The minimum absolute atomic E-state index is 0.0357. The summed E-state index contributed by atoms with van der Waals surface area (Å²) in [5, 5.41) is 13.9. The average Bonchev–Trinajstić information content (AvgIpc) is 2.42. The normalized spacial score (nSPS) is 13.1. The Balaban J connectivity index is 4.70. The van der Waals surface area contributed by atoms with Gasteiger partial charge in [0.1, 0.15) is 5.82 Å². The maximum Gasteiger partial charge on any atom is 0.409 e. The van der Waals surface area contributed by atoms with E-state index < -0.39 is 0 Å². The van der Waals surface area contributed by atoms with Crippen molar-refractivity contribution < 1.29 is 9.53 Å². The van der Waals surface area contributed by atoms with Crippen LogP contribution in [-0.4, -0.2) is 48.0 Å². The van der Waals surface area contributed by atoms with Gasteiger partial charge < -0.3 is 20.3 Å². The zero-order valence-corrected chi connectivity index (χ0v) is 15.0. The van der Waals surface area contributed by atoms with Crippen molar-refractivity contribution in [3.8, 4) is 0 Å². The number of nitrogens with one attached hydrogen (secondary N) is 3. The fourth-order valence-electron chi connectivity index (χ4n) is 1.67. The topological polar surface area (TPSA) is 77.5 Å². The fraction of sp³-hybridized carbons (Fsp3) is 0.692. The molecule has 0 aliphatic rings. The van der Waals surface area contributed by atoms with Gasteiger partial charge >= 0.3 is 6.09 Å². The summed E-state index contributed by atoms with van der Waals surface area (Å²) in [4.78, 5) is 13.3. The Morgan fingerprint density at radius 3 is 2.45 bits per heavy atom.